The van der Waals surface area contributed by atoms with Gasteiger partial charge < -0.3 is 15.8 Å². The first-order chi connectivity index (χ1) is 9.43. The minimum absolute atomic E-state index is 0.0444. The van der Waals surface area contributed by atoms with Crippen LogP contribution in [0.2, 0.25) is 0 Å². The zero-order valence-electron chi connectivity index (χ0n) is 11.1. The van der Waals surface area contributed by atoms with Gasteiger partial charge in [-0.1, -0.05) is 0 Å². The Bertz CT molecular complexity index is 615. The predicted molar refractivity (Wildman–Crippen MR) is 75.2 cm³/mol. The van der Waals surface area contributed by atoms with Crippen LogP contribution in [0, 0.1) is 5.92 Å². The number of pyridine rings is 1. The van der Waals surface area contributed by atoms with Crippen molar-refractivity contribution in [3.63, 3.8) is 0 Å². The standard InChI is InChI=1S/C12H17N3O4S/c1-19-12(16)9-2-4-14-11(10(9)13)15-6-8-3-5-20(17,18)7-8/h2,4,8H,3,5-7,13H2,1H3,(H,14,15). The molecule has 110 valence electrons. The number of rotatable bonds is 4. The summed E-state index contributed by atoms with van der Waals surface area (Å²) < 4.78 is 27.4. The first-order valence-corrected chi connectivity index (χ1v) is 8.02. The molecule has 7 nitrogen and oxygen atoms in total. The highest BCUT2D eigenvalue weighted by molar-refractivity contribution is 7.91. The van der Waals surface area contributed by atoms with Gasteiger partial charge in [0.1, 0.15) is 5.82 Å². The van der Waals surface area contributed by atoms with E-state index in [4.69, 9.17) is 5.73 Å². The van der Waals surface area contributed by atoms with E-state index in [0.29, 0.717) is 18.8 Å². The zero-order valence-corrected chi connectivity index (χ0v) is 11.9. The number of carbonyl (C=O) groups is 1. The summed E-state index contributed by atoms with van der Waals surface area (Å²) in [5.41, 5.74) is 6.30. The Hall–Kier alpha value is -1.83. The van der Waals surface area contributed by atoms with Gasteiger partial charge in [-0.3, -0.25) is 0 Å². The van der Waals surface area contributed by atoms with Crippen molar-refractivity contribution in [2.45, 2.75) is 6.42 Å². The number of nitrogens with zero attached hydrogens (tertiary/aromatic N) is 1. The van der Waals surface area contributed by atoms with Crippen molar-refractivity contribution in [3.05, 3.63) is 17.8 Å². The lowest BCUT2D eigenvalue weighted by molar-refractivity contribution is 0.0602. The van der Waals surface area contributed by atoms with E-state index in [0.717, 1.165) is 0 Å². The molecule has 0 amide bonds. The smallest absolute Gasteiger partial charge is 0.340 e. The summed E-state index contributed by atoms with van der Waals surface area (Å²) in [7, 11) is -1.62. The van der Waals surface area contributed by atoms with Gasteiger partial charge in [-0.2, -0.15) is 0 Å². The Morgan fingerprint density at radius 3 is 2.95 bits per heavy atom. The van der Waals surface area contributed by atoms with Crippen LogP contribution in [0.3, 0.4) is 0 Å². The molecule has 0 saturated carbocycles. The van der Waals surface area contributed by atoms with Crippen molar-refractivity contribution in [1.82, 2.24) is 4.98 Å². The molecule has 1 unspecified atom stereocenters. The number of nitrogens with two attached hydrogens (primary N) is 1. The maximum Gasteiger partial charge on any atom is 0.340 e. The third kappa shape index (κ3) is 3.19. The van der Waals surface area contributed by atoms with Gasteiger partial charge in [-0.05, 0) is 18.4 Å². The molecule has 0 spiro atoms. The molecule has 0 radical (unpaired) electrons. The van der Waals surface area contributed by atoms with Crippen molar-refractivity contribution in [1.29, 1.82) is 0 Å². The summed E-state index contributed by atoms with van der Waals surface area (Å²) >= 11 is 0. The Labute approximate surface area is 117 Å². The highest BCUT2D eigenvalue weighted by Crippen LogP contribution is 2.23. The summed E-state index contributed by atoms with van der Waals surface area (Å²) in [5.74, 6) is 0.290. The van der Waals surface area contributed by atoms with E-state index in [-0.39, 0.29) is 28.7 Å². The Morgan fingerprint density at radius 1 is 1.60 bits per heavy atom. The van der Waals surface area contributed by atoms with Gasteiger partial charge in [0.25, 0.3) is 0 Å². The minimum Gasteiger partial charge on any atom is -0.465 e. The fraction of sp³-hybridized carbons (Fsp3) is 0.500. The van der Waals surface area contributed by atoms with Gasteiger partial charge >= 0.3 is 5.97 Å². The number of nitrogen functional groups attached to an aromatic ring is 1. The SMILES string of the molecule is COC(=O)c1ccnc(NCC2CCS(=O)(=O)C2)c1N. The summed E-state index contributed by atoms with van der Waals surface area (Å²) in [4.78, 5) is 15.6. The lowest BCUT2D eigenvalue weighted by Gasteiger charge is -2.13. The number of methoxy groups -OCH3 is 1. The van der Waals surface area contributed by atoms with E-state index in [2.05, 4.69) is 15.0 Å². The van der Waals surface area contributed by atoms with Crippen LogP contribution in [-0.4, -0.2) is 44.5 Å². The molecule has 2 rings (SSSR count). The minimum atomic E-state index is -2.90. The number of hydrogen-bond donors (Lipinski definition) is 2. The van der Waals surface area contributed by atoms with E-state index >= 15 is 0 Å². The van der Waals surface area contributed by atoms with Crippen LogP contribution in [-0.2, 0) is 14.6 Å². The molecule has 2 heterocycles. The van der Waals surface area contributed by atoms with Crippen LogP contribution >= 0.6 is 0 Å². The number of carbonyl (C=O) groups excluding carboxylic acids is 1. The molecular formula is C12H17N3O4S. The second-order valence-corrected chi connectivity index (χ2v) is 6.99. The second kappa shape index (κ2) is 5.66. The van der Waals surface area contributed by atoms with Gasteiger partial charge in [0.05, 0.1) is 29.9 Å². The van der Waals surface area contributed by atoms with E-state index in [9.17, 15) is 13.2 Å². The lowest BCUT2D eigenvalue weighted by atomic mass is 10.1. The Morgan fingerprint density at radius 2 is 2.35 bits per heavy atom. The molecule has 1 aromatic rings. The molecule has 1 saturated heterocycles. The van der Waals surface area contributed by atoms with Crippen LogP contribution in [0.5, 0.6) is 0 Å². The van der Waals surface area contributed by atoms with Gasteiger partial charge in [0, 0.05) is 12.7 Å². The molecular weight excluding hydrogens is 282 g/mol. The molecule has 0 aliphatic carbocycles. The van der Waals surface area contributed by atoms with Crippen molar-refractivity contribution >= 4 is 27.3 Å². The molecule has 0 aromatic carbocycles. The zero-order chi connectivity index (χ0) is 14.8. The molecule has 20 heavy (non-hydrogen) atoms. The summed E-state index contributed by atoms with van der Waals surface area (Å²) in [6, 6.07) is 1.48. The Kier molecular flexibility index (Phi) is 4.12. The maximum absolute atomic E-state index is 11.5. The van der Waals surface area contributed by atoms with E-state index in [1.807, 2.05) is 0 Å². The van der Waals surface area contributed by atoms with Crippen molar-refractivity contribution in [3.8, 4) is 0 Å². The van der Waals surface area contributed by atoms with Crippen LogP contribution in [0.15, 0.2) is 12.3 Å². The van der Waals surface area contributed by atoms with Gasteiger partial charge in [-0.15, -0.1) is 0 Å². The van der Waals surface area contributed by atoms with Crippen molar-refractivity contribution < 1.29 is 17.9 Å². The highest BCUT2D eigenvalue weighted by atomic mass is 32.2. The normalized spacial score (nSPS) is 20.6. The van der Waals surface area contributed by atoms with Crippen molar-refractivity contribution in [2.75, 3.05) is 36.2 Å². The summed E-state index contributed by atoms with van der Waals surface area (Å²) in [5, 5.41) is 3.00. The van der Waals surface area contributed by atoms with Crippen LogP contribution in [0.4, 0.5) is 11.5 Å². The monoisotopic (exact) mass is 299 g/mol. The lowest BCUT2D eigenvalue weighted by Crippen LogP contribution is -2.18. The number of hydrogen-bond acceptors (Lipinski definition) is 7. The average Bonchev–Trinajstić information content (AvgIpc) is 2.76. The molecule has 1 aromatic heterocycles. The van der Waals surface area contributed by atoms with Crippen LogP contribution < -0.4 is 11.1 Å². The fourth-order valence-electron chi connectivity index (χ4n) is 2.18. The number of aromatic nitrogens is 1. The van der Waals surface area contributed by atoms with Gasteiger partial charge in [0.2, 0.25) is 0 Å². The number of sulfone groups is 1. The quantitative estimate of drug-likeness (QED) is 0.769. The van der Waals surface area contributed by atoms with Crippen LogP contribution in [0.25, 0.3) is 0 Å². The highest BCUT2D eigenvalue weighted by Gasteiger charge is 2.27. The van der Waals surface area contributed by atoms with E-state index in [1.54, 1.807) is 0 Å². The van der Waals surface area contributed by atoms with Crippen LogP contribution in [0.1, 0.15) is 16.8 Å². The maximum atomic E-state index is 11.5. The fourth-order valence-corrected chi connectivity index (χ4v) is 4.04. The molecule has 1 atom stereocenters. The number of anilines is 2. The molecule has 1 aliphatic heterocycles. The molecule has 1 fully saturated rings. The van der Waals surface area contributed by atoms with Gasteiger partial charge in [0.15, 0.2) is 9.84 Å². The largest absolute Gasteiger partial charge is 0.465 e. The third-order valence-electron chi connectivity index (χ3n) is 3.28. The van der Waals surface area contributed by atoms with E-state index < -0.39 is 15.8 Å². The summed E-state index contributed by atoms with van der Waals surface area (Å²) in [6.45, 7) is 0.459. The molecule has 8 heteroatoms. The summed E-state index contributed by atoms with van der Waals surface area (Å²) in [6.07, 6.45) is 2.09. The third-order valence-corrected chi connectivity index (χ3v) is 5.12. The predicted octanol–water partition coefficient (Wildman–Crippen LogP) is 0.297. The molecule has 3 N–H and O–H groups in total. The molecule has 1 aliphatic rings. The van der Waals surface area contributed by atoms with Crippen molar-refractivity contribution in [2.24, 2.45) is 5.92 Å². The topological polar surface area (TPSA) is 111 Å². The van der Waals surface area contributed by atoms with Gasteiger partial charge in [-0.25, -0.2) is 18.2 Å². The molecule has 0 bridgehead atoms. The first-order valence-electron chi connectivity index (χ1n) is 6.20. The second-order valence-electron chi connectivity index (χ2n) is 4.76. The average molecular weight is 299 g/mol. The number of nitrogens with one attached hydrogen (secondary N) is 1. The number of ether oxygens (including phenoxy) is 1. The van der Waals surface area contributed by atoms with E-state index in [1.165, 1.54) is 19.4 Å². The number of esters is 1. The Balaban J connectivity index is 2.05. The first kappa shape index (κ1) is 14.6.